The highest BCUT2D eigenvalue weighted by molar-refractivity contribution is 5.98. The largest absolute Gasteiger partial charge is 0.463 e. The number of carbonyl (C=O) groups excluding carboxylic acids is 3. The zero-order valence-electron chi connectivity index (χ0n) is 18.3. The number of hydrogen-bond acceptors (Lipinski definition) is 6. The van der Waals surface area contributed by atoms with E-state index in [1.54, 1.807) is 36.4 Å². The zero-order valence-corrected chi connectivity index (χ0v) is 18.3. The summed E-state index contributed by atoms with van der Waals surface area (Å²) in [7, 11) is 0. The second-order valence-electron chi connectivity index (χ2n) is 7.59. The maximum Gasteiger partial charge on any atom is 0.302 e. The molecule has 2 rings (SSSR count). The van der Waals surface area contributed by atoms with E-state index >= 15 is 0 Å². The third-order valence-corrected chi connectivity index (χ3v) is 4.33. The molecule has 8 heteroatoms. The van der Waals surface area contributed by atoms with Gasteiger partial charge in [-0.2, -0.15) is 5.26 Å². The first-order valence-electron chi connectivity index (χ1n) is 10.3. The standard InChI is InChI=1S/C24H27N3O5/c1-16(2)12-22(24(30)26-19(14-25)15-31-17(3)28)27-23(29)18-8-7-11-21(13-18)32-20-9-5-4-6-10-20/h4-11,13,16,19,22H,12,15H2,1-3H3,(H,26,30)(H,27,29)/t19-,22+/m1/s1. The Morgan fingerprint density at radius 2 is 1.69 bits per heavy atom. The van der Waals surface area contributed by atoms with Gasteiger partial charge >= 0.3 is 5.97 Å². The zero-order chi connectivity index (χ0) is 23.5. The molecule has 2 aromatic rings. The molecule has 32 heavy (non-hydrogen) atoms. The maximum atomic E-state index is 12.8. The molecule has 2 aromatic carbocycles. The Labute approximate surface area is 187 Å². The van der Waals surface area contributed by atoms with E-state index in [4.69, 9.17) is 9.47 Å². The van der Waals surface area contributed by atoms with Gasteiger partial charge in [-0.15, -0.1) is 0 Å². The minimum Gasteiger partial charge on any atom is -0.463 e. The van der Waals surface area contributed by atoms with Crippen molar-refractivity contribution in [2.75, 3.05) is 6.61 Å². The Bertz CT molecular complexity index is 969. The third kappa shape index (κ3) is 8.11. The summed E-state index contributed by atoms with van der Waals surface area (Å²) >= 11 is 0. The van der Waals surface area contributed by atoms with Crippen molar-refractivity contribution in [3.63, 3.8) is 0 Å². The third-order valence-electron chi connectivity index (χ3n) is 4.33. The Kier molecular flexibility index (Phi) is 9.23. The Morgan fingerprint density at radius 3 is 2.31 bits per heavy atom. The average molecular weight is 437 g/mol. The number of nitriles is 1. The first-order chi connectivity index (χ1) is 15.3. The molecule has 0 spiro atoms. The lowest BCUT2D eigenvalue weighted by Crippen LogP contribution is -2.51. The minimum absolute atomic E-state index is 0.104. The van der Waals surface area contributed by atoms with Crippen LogP contribution in [0, 0.1) is 17.2 Å². The van der Waals surface area contributed by atoms with Crippen LogP contribution >= 0.6 is 0 Å². The summed E-state index contributed by atoms with van der Waals surface area (Å²) in [5, 5.41) is 14.4. The van der Waals surface area contributed by atoms with Gasteiger partial charge in [0.25, 0.3) is 5.91 Å². The van der Waals surface area contributed by atoms with E-state index in [1.807, 2.05) is 38.1 Å². The molecule has 0 heterocycles. The highest BCUT2D eigenvalue weighted by Gasteiger charge is 2.25. The number of carbonyl (C=O) groups is 3. The molecule has 0 saturated heterocycles. The smallest absolute Gasteiger partial charge is 0.302 e. The monoisotopic (exact) mass is 437 g/mol. The number of amides is 2. The number of para-hydroxylation sites is 1. The van der Waals surface area contributed by atoms with Crippen LogP contribution in [-0.4, -0.2) is 36.5 Å². The number of benzene rings is 2. The molecule has 0 aliphatic heterocycles. The summed E-state index contributed by atoms with van der Waals surface area (Å²) in [6, 6.07) is 15.8. The number of nitrogens with zero attached hydrogens (tertiary/aromatic N) is 1. The van der Waals surface area contributed by atoms with Crippen LogP contribution in [0.5, 0.6) is 11.5 Å². The summed E-state index contributed by atoms with van der Waals surface area (Å²) in [6.45, 7) is 4.79. The lowest BCUT2D eigenvalue weighted by molar-refractivity contribution is -0.142. The van der Waals surface area contributed by atoms with Crippen molar-refractivity contribution in [3.05, 3.63) is 60.2 Å². The van der Waals surface area contributed by atoms with Crippen LogP contribution in [0.1, 0.15) is 37.6 Å². The van der Waals surface area contributed by atoms with Crippen molar-refractivity contribution >= 4 is 17.8 Å². The van der Waals surface area contributed by atoms with Gasteiger partial charge in [-0.3, -0.25) is 14.4 Å². The van der Waals surface area contributed by atoms with Gasteiger partial charge in [0.1, 0.15) is 24.1 Å². The van der Waals surface area contributed by atoms with Crippen molar-refractivity contribution < 1.29 is 23.9 Å². The topological polar surface area (TPSA) is 118 Å². The molecule has 2 amide bonds. The van der Waals surface area contributed by atoms with Crippen LogP contribution in [0.2, 0.25) is 0 Å². The number of nitrogens with one attached hydrogen (secondary N) is 2. The van der Waals surface area contributed by atoms with Crippen LogP contribution in [-0.2, 0) is 14.3 Å². The molecule has 0 aliphatic rings. The Balaban J connectivity index is 2.08. The van der Waals surface area contributed by atoms with Crippen molar-refractivity contribution in [3.8, 4) is 17.6 Å². The van der Waals surface area contributed by atoms with Crippen LogP contribution in [0.25, 0.3) is 0 Å². The molecule has 8 nitrogen and oxygen atoms in total. The highest BCUT2D eigenvalue weighted by Crippen LogP contribution is 2.22. The molecule has 0 bridgehead atoms. The van der Waals surface area contributed by atoms with E-state index in [1.165, 1.54) is 6.92 Å². The molecule has 0 unspecified atom stereocenters. The van der Waals surface area contributed by atoms with Crippen LogP contribution in [0.3, 0.4) is 0 Å². The molecular formula is C24H27N3O5. The SMILES string of the molecule is CC(=O)OC[C@@H](C#N)NC(=O)[C@H](CC(C)C)NC(=O)c1cccc(Oc2ccccc2)c1. The van der Waals surface area contributed by atoms with Crippen LogP contribution < -0.4 is 15.4 Å². The molecular weight excluding hydrogens is 410 g/mol. The van der Waals surface area contributed by atoms with Crippen molar-refractivity contribution in [2.45, 2.75) is 39.3 Å². The van der Waals surface area contributed by atoms with Gasteiger partial charge in [-0.1, -0.05) is 38.1 Å². The minimum atomic E-state index is -1.01. The van der Waals surface area contributed by atoms with Gasteiger partial charge in [0.15, 0.2) is 6.04 Å². The Morgan fingerprint density at radius 1 is 1.00 bits per heavy atom. The van der Waals surface area contributed by atoms with Crippen LogP contribution in [0.15, 0.2) is 54.6 Å². The Hall–Kier alpha value is -3.86. The predicted octanol–water partition coefficient (Wildman–Crippen LogP) is 3.19. The van der Waals surface area contributed by atoms with Gasteiger partial charge < -0.3 is 20.1 Å². The lowest BCUT2D eigenvalue weighted by Gasteiger charge is -2.22. The predicted molar refractivity (Wildman–Crippen MR) is 118 cm³/mol. The average Bonchev–Trinajstić information content (AvgIpc) is 2.76. The van der Waals surface area contributed by atoms with Crippen molar-refractivity contribution in [1.29, 1.82) is 5.26 Å². The summed E-state index contributed by atoms with van der Waals surface area (Å²) in [5.74, 6) is -0.297. The van der Waals surface area contributed by atoms with E-state index in [-0.39, 0.29) is 12.5 Å². The van der Waals surface area contributed by atoms with Gasteiger partial charge in [0, 0.05) is 12.5 Å². The number of hydrogen-bond donors (Lipinski definition) is 2. The summed E-state index contributed by atoms with van der Waals surface area (Å²) < 4.78 is 10.6. The van der Waals surface area contributed by atoms with Gasteiger partial charge in [-0.05, 0) is 42.7 Å². The fourth-order valence-electron chi connectivity index (χ4n) is 2.85. The van der Waals surface area contributed by atoms with Gasteiger partial charge in [0.05, 0.1) is 6.07 Å². The normalized spacial score (nSPS) is 12.2. The summed E-state index contributed by atoms with van der Waals surface area (Å²) in [6.07, 6.45) is 0.365. The van der Waals surface area contributed by atoms with Crippen molar-refractivity contribution in [2.24, 2.45) is 5.92 Å². The molecule has 2 N–H and O–H groups in total. The molecule has 168 valence electrons. The maximum absolute atomic E-state index is 12.8. The molecule has 0 aromatic heterocycles. The first-order valence-corrected chi connectivity index (χ1v) is 10.3. The van der Waals surface area contributed by atoms with E-state index in [2.05, 4.69) is 10.6 Å². The highest BCUT2D eigenvalue weighted by atomic mass is 16.5. The molecule has 2 atom stereocenters. The second-order valence-corrected chi connectivity index (χ2v) is 7.59. The molecule has 0 radical (unpaired) electrons. The number of esters is 1. The first kappa shape index (κ1) is 24.4. The number of rotatable bonds is 10. The van der Waals surface area contributed by atoms with Crippen LogP contribution in [0.4, 0.5) is 0 Å². The lowest BCUT2D eigenvalue weighted by atomic mass is 10.0. The second kappa shape index (κ2) is 12.1. The summed E-state index contributed by atoms with van der Waals surface area (Å²) in [5.41, 5.74) is 0.330. The molecule has 0 aliphatic carbocycles. The van der Waals surface area contributed by atoms with E-state index in [9.17, 15) is 19.6 Å². The van der Waals surface area contributed by atoms with E-state index in [0.717, 1.165) is 0 Å². The van der Waals surface area contributed by atoms with Gasteiger partial charge in [0.2, 0.25) is 5.91 Å². The number of ether oxygens (including phenoxy) is 2. The summed E-state index contributed by atoms with van der Waals surface area (Å²) in [4.78, 5) is 36.5. The van der Waals surface area contributed by atoms with Crippen molar-refractivity contribution in [1.82, 2.24) is 10.6 Å². The molecule has 0 fully saturated rings. The van der Waals surface area contributed by atoms with E-state index in [0.29, 0.717) is 23.5 Å². The quantitative estimate of drug-likeness (QED) is 0.551. The fraction of sp³-hybridized carbons (Fsp3) is 0.333. The van der Waals surface area contributed by atoms with E-state index < -0.39 is 29.9 Å². The van der Waals surface area contributed by atoms with Gasteiger partial charge in [-0.25, -0.2) is 0 Å². The fourth-order valence-corrected chi connectivity index (χ4v) is 2.85. The molecule has 0 saturated carbocycles.